The lowest BCUT2D eigenvalue weighted by molar-refractivity contribution is -0.143. The van der Waals surface area contributed by atoms with Crippen LogP contribution in [0.4, 0.5) is 0 Å². The first-order valence-electron chi connectivity index (χ1n) is 7.43. The number of aryl methyl sites for hydroxylation is 1. The second kappa shape index (κ2) is 7.36. The minimum absolute atomic E-state index is 0.0278. The predicted octanol–water partition coefficient (Wildman–Crippen LogP) is 2.07. The molecule has 1 fully saturated rings. The zero-order valence-corrected chi connectivity index (χ0v) is 12.7. The first kappa shape index (κ1) is 15.7. The highest BCUT2D eigenvalue weighted by atomic mass is 16.5. The molecule has 116 valence electrons. The van der Waals surface area contributed by atoms with E-state index in [2.05, 4.69) is 16.7 Å². The molecular weight excluding hydrogens is 270 g/mol. The highest BCUT2D eigenvalue weighted by Crippen LogP contribution is 2.26. The summed E-state index contributed by atoms with van der Waals surface area (Å²) in [5.74, 6) is 1.42. The van der Waals surface area contributed by atoms with Gasteiger partial charge >= 0.3 is 0 Å². The molecule has 0 saturated carbocycles. The fraction of sp³-hybridized carbons (Fsp3) is 0.667. The molecule has 1 aromatic heterocycles. The Bertz CT molecular complexity index is 486. The summed E-state index contributed by atoms with van der Waals surface area (Å²) in [4.78, 5) is 18.5. The van der Waals surface area contributed by atoms with Crippen molar-refractivity contribution in [2.75, 3.05) is 19.7 Å². The highest BCUT2D eigenvalue weighted by molar-refractivity contribution is 5.80. The van der Waals surface area contributed by atoms with Gasteiger partial charge in [-0.2, -0.15) is 4.98 Å². The quantitative estimate of drug-likeness (QED) is 0.593. The normalized spacial score (nSPS) is 20.3. The topological polar surface area (TPSA) is 68.5 Å². The molecule has 1 saturated heterocycles. The minimum atomic E-state index is -0.423. The van der Waals surface area contributed by atoms with E-state index in [9.17, 15) is 4.79 Å². The number of piperidine rings is 1. The van der Waals surface area contributed by atoms with E-state index in [4.69, 9.17) is 9.26 Å². The lowest BCUT2D eigenvalue weighted by Crippen LogP contribution is -2.44. The van der Waals surface area contributed by atoms with Crippen molar-refractivity contribution in [3.05, 3.63) is 24.4 Å². The first-order chi connectivity index (χ1) is 10.1. The second-order valence-electron chi connectivity index (χ2n) is 5.39. The van der Waals surface area contributed by atoms with E-state index in [1.165, 1.54) is 0 Å². The summed E-state index contributed by atoms with van der Waals surface area (Å²) in [5, 5.41) is 3.82. The molecule has 0 aliphatic carbocycles. The Morgan fingerprint density at radius 2 is 2.48 bits per heavy atom. The molecule has 0 spiro atoms. The summed E-state index contributed by atoms with van der Waals surface area (Å²) in [6.07, 6.45) is 4.02. The average Bonchev–Trinajstić information content (AvgIpc) is 2.93. The van der Waals surface area contributed by atoms with E-state index in [1.807, 2.05) is 4.90 Å². The molecular formula is C15H23N3O3. The smallest absolute Gasteiger partial charge is 0.251 e. The molecule has 0 bridgehead atoms. The Morgan fingerprint density at radius 1 is 1.67 bits per heavy atom. The van der Waals surface area contributed by atoms with Crippen molar-refractivity contribution >= 4 is 5.91 Å². The lowest BCUT2D eigenvalue weighted by Gasteiger charge is -2.32. The predicted molar refractivity (Wildman–Crippen MR) is 77.8 cm³/mol. The van der Waals surface area contributed by atoms with Crippen molar-refractivity contribution in [2.24, 2.45) is 0 Å². The monoisotopic (exact) mass is 293 g/mol. The van der Waals surface area contributed by atoms with Crippen LogP contribution >= 0.6 is 0 Å². The van der Waals surface area contributed by atoms with Gasteiger partial charge in [-0.15, -0.1) is 6.58 Å². The van der Waals surface area contributed by atoms with Crippen molar-refractivity contribution in [3.63, 3.8) is 0 Å². The van der Waals surface area contributed by atoms with Crippen LogP contribution in [0.25, 0.3) is 0 Å². The average molecular weight is 293 g/mol. The van der Waals surface area contributed by atoms with Crippen molar-refractivity contribution in [3.8, 4) is 0 Å². The van der Waals surface area contributed by atoms with Crippen LogP contribution in [0.3, 0.4) is 0 Å². The van der Waals surface area contributed by atoms with Crippen LogP contribution in [0.5, 0.6) is 0 Å². The molecule has 1 aliphatic rings. The van der Waals surface area contributed by atoms with Crippen LogP contribution in [-0.4, -0.2) is 46.7 Å². The van der Waals surface area contributed by atoms with Gasteiger partial charge in [-0.3, -0.25) is 4.79 Å². The molecule has 2 rings (SSSR count). The van der Waals surface area contributed by atoms with Crippen LogP contribution in [0.15, 0.2) is 17.2 Å². The second-order valence-corrected chi connectivity index (χ2v) is 5.39. The maximum Gasteiger partial charge on any atom is 0.251 e. The molecule has 6 heteroatoms. The van der Waals surface area contributed by atoms with Gasteiger partial charge in [-0.25, -0.2) is 0 Å². The fourth-order valence-electron chi connectivity index (χ4n) is 2.51. The lowest BCUT2D eigenvalue weighted by atomic mass is 9.97. The minimum Gasteiger partial charge on any atom is -0.368 e. The number of hydrogen-bond donors (Lipinski definition) is 0. The van der Waals surface area contributed by atoms with Gasteiger partial charge < -0.3 is 14.2 Å². The standard InChI is InChI=1S/C15H23N3O3/c1-4-5-9-20-11(2)15(19)18-8-6-7-13(10-18)14-16-12(3)17-21-14/h4,11,13H,1,5-10H2,2-3H3. The summed E-state index contributed by atoms with van der Waals surface area (Å²) < 4.78 is 10.8. The van der Waals surface area contributed by atoms with Gasteiger partial charge in [-0.05, 0) is 33.1 Å². The molecule has 1 aromatic rings. The number of hydrogen-bond acceptors (Lipinski definition) is 5. The number of carbonyl (C=O) groups excluding carboxylic acids is 1. The summed E-state index contributed by atoms with van der Waals surface area (Å²) in [5.41, 5.74) is 0. The van der Waals surface area contributed by atoms with E-state index in [1.54, 1.807) is 19.9 Å². The molecule has 0 radical (unpaired) electrons. The number of rotatable bonds is 6. The van der Waals surface area contributed by atoms with Crippen LogP contribution in [-0.2, 0) is 9.53 Å². The molecule has 0 aromatic carbocycles. The number of ether oxygens (including phenoxy) is 1. The van der Waals surface area contributed by atoms with Gasteiger partial charge in [0, 0.05) is 13.1 Å². The Morgan fingerprint density at radius 3 is 3.14 bits per heavy atom. The van der Waals surface area contributed by atoms with Crippen LogP contribution in [0, 0.1) is 6.92 Å². The van der Waals surface area contributed by atoms with Crippen molar-refractivity contribution in [1.29, 1.82) is 0 Å². The largest absolute Gasteiger partial charge is 0.368 e. The Balaban J connectivity index is 1.90. The summed E-state index contributed by atoms with van der Waals surface area (Å²) in [7, 11) is 0. The number of amides is 1. The number of carbonyl (C=O) groups is 1. The van der Waals surface area contributed by atoms with Crippen LogP contribution < -0.4 is 0 Å². The van der Waals surface area contributed by atoms with Gasteiger partial charge in [0.15, 0.2) is 5.82 Å². The van der Waals surface area contributed by atoms with E-state index in [0.29, 0.717) is 24.9 Å². The third-order valence-corrected chi connectivity index (χ3v) is 3.66. The van der Waals surface area contributed by atoms with E-state index in [-0.39, 0.29) is 11.8 Å². The Hall–Kier alpha value is -1.69. The van der Waals surface area contributed by atoms with Gasteiger partial charge in [-0.1, -0.05) is 11.2 Å². The molecule has 2 heterocycles. The summed E-state index contributed by atoms with van der Waals surface area (Å²) in [6.45, 7) is 9.14. The number of likely N-dealkylation sites (tertiary alicyclic amines) is 1. The maximum atomic E-state index is 12.4. The molecule has 2 atom stereocenters. The van der Waals surface area contributed by atoms with E-state index < -0.39 is 6.10 Å². The molecule has 0 N–H and O–H groups in total. The zero-order chi connectivity index (χ0) is 15.2. The molecule has 21 heavy (non-hydrogen) atoms. The Kier molecular flexibility index (Phi) is 5.50. The molecule has 1 aliphatic heterocycles. The van der Waals surface area contributed by atoms with Gasteiger partial charge in [0.1, 0.15) is 6.10 Å². The van der Waals surface area contributed by atoms with E-state index >= 15 is 0 Å². The number of nitrogens with zero attached hydrogens (tertiary/aromatic N) is 3. The van der Waals surface area contributed by atoms with Crippen molar-refractivity contribution < 1.29 is 14.1 Å². The van der Waals surface area contributed by atoms with Gasteiger partial charge in [0.25, 0.3) is 5.91 Å². The van der Waals surface area contributed by atoms with E-state index in [0.717, 1.165) is 25.8 Å². The fourth-order valence-corrected chi connectivity index (χ4v) is 2.51. The first-order valence-corrected chi connectivity index (χ1v) is 7.43. The molecule has 1 amide bonds. The highest BCUT2D eigenvalue weighted by Gasteiger charge is 2.30. The van der Waals surface area contributed by atoms with Crippen molar-refractivity contribution in [2.45, 2.75) is 45.1 Å². The Labute approximate surface area is 125 Å². The SMILES string of the molecule is C=CCCOC(C)C(=O)N1CCCC(c2nc(C)no2)C1. The van der Waals surface area contributed by atoms with Gasteiger partial charge in [0.05, 0.1) is 12.5 Å². The van der Waals surface area contributed by atoms with Crippen LogP contribution in [0.1, 0.15) is 43.8 Å². The van der Waals surface area contributed by atoms with Gasteiger partial charge in [0.2, 0.25) is 5.89 Å². The van der Waals surface area contributed by atoms with Crippen molar-refractivity contribution in [1.82, 2.24) is 15.0 Å². The third-order valence-electron chi connectivity index (χ3n) is 3.66. The summed E-state index contributed by atoms with van der Waals surface area (Å²) >= 11 is 0. The van der Waals surface area contributed by atoms with Crippen LogP contribution in [0.2, 0.25) is 0 Å². The maximum absolute atomic E-state index is 12.4. The number of aromatic nitrogens is 2. The molecule has 6 nitrogen and oxygen atoms in total. The molecule has 2 unspecified atom stereocenters. The summed E-state index contributed by atoms with van der Waals surface area (Å²) in [6, 6.07) is 0. The zero-order valence-electron chi connectivity index (χ0n) is 12.7. The third kappa shape index (κ3) is 4.14.